The van der Waals surface area contributed by atoms with Crippen molar-refractivity contribution < 1.29 is 42.2 Å². The van der Waals surface area contributed by atoms with E-state index in [1.165, 1.54) is 62.8 Å². The molecule has 0 bridgehead atoms. The maximum atomic E-state index is 13.1. The first-order chi connectivity index (χ1) is 20.1. The molecule has 11 heteroatoms. The normalized spacial score (nSPS) is 14.0. The number of carbonyl (C=O) groups is 2. The molecule has 0 aromatic heterocycles. The van der Waals surface area contributed by atoms with E-state index in [1.807, 2.05) is 24.3 Å². The molecular weight excluding hydrogens is 553 g/mol. The Morgan fingerprint density at radius 3 is 2.38 bits per heavy atom. The number of hydrogen-bond acceptors (Lipinski definition) is 7. The molecule has 0 aliphatic carbocycles. The number of likely N-dealkylation sites (tertiary alicyclic amines) is 1. The third-order valence-corrected chi connectivity index (χ3v) is 6.61. The third kappa shape index (κ3) is 8.26. The van der Waals surface area contributed by atoms with Crippen molar-refractivity contribution in [1.29, 1.82) is 0 Å². The first kappa shape index (κ1) is 30.4. The minimum atomic E-state index is -5.34. The Morgan fingerprint density at radius 2 is 1.71 bits per heavy atom. The second-order valence-corrected chi connectivity index (χ2v) is 9.67. The molecule has 3 aromatic rings. The highest BCUT2D eigenvalue weighted by Crippen LogP contribution is 2.28. The number of phenolic OH excluding ortho intramolecular Hbond substituents is 1. The second-order valence-electron chi connectivity index (χ2n) is 9.67. The Balaban J connectivity index is 1.51. The van der Waals surface area contributed by atoms with Crippen LogP contribution in [-0.2, 0) is 27.6 Å². The summed E-state index contributed by atoms with van der Waals surface area (Å²) in [5.41, 5.74) is 1.68. The predicted octanol–water partition coefficient (Wildman–Crippen LogP) is 6.03. The highest BCUT2D eigenvalue weighted by Gasteiger charge is 2.43. The van der Waals surface area contributed by atoms with Crippen LogP contribution in [0.15, 0.2) is 72.8 Å². The van der Waals surface area contributed by atoms with E-state index in [4.69, 9.17) is 9.47 Å². The summed E-state index contributed by atoms with van der Waals surface area (Å²) in [6.45, 7) is 2.86. The fourth-order valence-corrected chi connectivity index (χ4v) is 4.45. The molecule has 8 nitrogen and oxygen atoms in total. The van der Waals surface area contributed by atoms with Crippen molar-refractivity contribution >= 4 is 23.6 Å². The topological polar surface area (TPSA) is 88.5 Å². The largest absolute Gasteiger partial charge is 0.504 e. The molecule has 3 aromatic carbocycles. The van der Waals surface area contributed by atoms with Gasteiger partial charge >= 0.3 is 12.1 Å². The quantitative estimate of drug-likeness (QED) is 0.243. The second kappa shape index (κ2) is 13.9. The number of aromatic hydroxyl groups is 1. The lowest BCUT2D eigenvalue weighted by molar-refractivity contribution is -0.201. The number of amides is 1. The molecule has 1 N–H and O–H groups in total. The van der Waals surface area contributed by atoms with Gasteiger partial charge in [-0.05, 0) is 73.5 Å². The minimum absolute atomic E-state index is 0.107. The number of para-hydroxylation sites is 1. The van der Waals surface area contributed by atoms with E-state index < -0.39 is 18.1 Å². The average Bonchev–Trinajstić information content (AvgIpc) is 2.98. The number of nitrogens with zero attached hydrogens (tertiary/aromatic N) is 2. The first-order valence-electron chi connectivity index (χ1n) is 13.3. The fraction of sp³-hybridized carbons (Fsp3) is 0.290. The average molecular weight is 585 g/mol. The van der Waals surface area contributed by atoms with Crippen molar-refractivity contribution in [3.63, 3.8) is 0 Å². The molecule has 0 radical (unpaired) electrons. The van der Waals surface area contributed by atoms with Gasteiger partial charge < -0.3 is 19.4 Å². The van der Waals surface area contributed by atoms with E-state index in [2.05, 4.69) is 9.74 Å². The zero-order valence-corrected chi connectivity index (χ0v) is 23.0. The SMILES string of the molecule is COc1ccc(/C=C/C(=O)N(OC(=O)C(F)(F)F)c2ccccc2COc2ccc(CN3CCCCC3)cc2)cc1O. The molecule has 4 rings (SSSR count). The molecule has 222 valence electrons. The van der Waals surface area contributed by atoms with E-state index in [1.54, 1.807) is 12.1 Å². The number of piperidine rings is 1. The summed E-state index contributed by atoms with van der Waals surface area (Å²) in [6.07, 6.45) is 0.473. The molecule has 1 aliphatic rings. The number of rotatable bonds is 9. The predicted molar refractivity (Wildman–Crippen MR) is 150 cm³/mol. The molecule has 1 aliphatic heterocycles. The van der Waals surface area contributed by atoms with Crippen LogP contribution in [-0.4, -0.2) is 48.3 Å². The van der Waals surface area contributed by atoms with Crippen molar-refractivity contribution in [2.75, 3.05) is 25.3 Å². The maximum Gasteiger partial charge on any atom is 0.493 e. The molecule has 1 saturated heterocycles. The number of benzene rings is 3. The van der Waals surface area contributed by atoms with Crippen LogP contribution in [0.3, 0.4) is 0 Å². The highest BCUT2D eigenvalue weighted by atomic mass is 19.4. The van der Waals surface area contributed by atoms with Crippen LogP contribution in [0.2, 0.25) is 0 Å². The molecule has 0 atom stereocenters. The number of alkyl halides is 3. The number of methoxy groups -OCH3 is 1. The van der Waals surface area contributed by atoms with Crippen molar-refractivity contribution in [3.8, 4) is 17.2 Å². The molecule has 0 saturated carbocycles. The van der Waals surface area contributed by atoms with Crippen molar-refractivity contribution in [2.45, 2.75) is 38.6 Å². The van der Waals surface area contributed by atoms with Crippen LogP contribution in [0.5, 0.6) is 17.2 Å². The first-order valence-corrected chi connectivity index (χ1v) is 13.3. The van der Waals surface area contributed by atoms with Crippen LogP contribution >= 0.6 is 0 Å². The Kier molecular flexibility index (Phi) is 10.1. The number of hydroxylamine groups is 1. The Bertz CT molecular complexity index is 1400. The lowest BCUT2D eigenvalue weighted by atomic mass is 10.1. The zero-order chi connectivity index (χ0) is 30.1. The van der Waals surface area contributed by atoms with Gasteiger partial charge in [-0.15, -0.1) is 5.06 Å². The number of halogens is 3. The van der Waals surface area contributed by atoms with Gasteiger partial charge in [0.1, 0.15) is 12.4 Å². The van der Waals surface area contributed by atoms with Crippen LogP contribution < -0.4 is 14.5 Å². The summed E-state index contributed by atoms with van der Waals surface area (Å²) in [5.74, 6) is -3.11. The van der Waals surface area contributed by atoms with E-state index in [-0.39, 0.29) is 28.9 Å². The number of ether oxygens (including phenoxy) is 2. The van der Waals surface area contributed by atoms with Crippen LogP contribution in [0.25, 0.3) is 6.08 Å². The Labute approximate surface area is 241 Å². The van der Waals surface area contributed by atoms with Gasteiger partial charge in [-0.25, -0.2) is 4.79 Å². The Hall–Kier alpha value is -4.51. The Morgan fingerprint density at radius 1 is 1.00 bits per heavy atom. The van der Waals surface area contributed by atoms with Gasteiger partial charge in [-0.2, -0.15) is 13.2 Å². The number of phenols is 1. The van der Waals surface area contributed by atoms with Crippen LogP contribution in [0.4, 0.5) is 18.9 Å². The van der Waals surface area contributed by atoms with Gasteiger partial charge in [0.25, 0.3) is 5.91 Å². The van der Waals surface area contributed by atoms with Gasteiger partial charge in [0.15, 0.2) is 11.5 Å². The maximum absolute atomic E-state index is 13.1. The summed E-state index contributed by atoms with van der Waals surface area (Å²) >= 11 is 0. The summed E-state index contributed by atoms with van der Waals surface area (Å²) in [7, 11) is 1.37. The molecule has 1 fully saturated rings. The highest BCUT2D eigenvalue weighted by molar-refractivity contribution is 6.04. The molecule has 0 unspecified atom stereocenters. The standard InChI is InChI=1S/C31H31F3N2O6/c1-40-28-15-11-22(19-27(28)37)12-16-29(38)36(42-30(39)31(32,33)34)26-8-4-3-7-24(26)21-41-25-13-9-23(10-14-25)20-35-17-5-2-6-18-35/h3-4,7-16,19,37H,2,5-6,17-18,20-21H2,1H3/b16-12+. The van der Waals surface area contributed by atoms with Gasteiger partial charge in [-0.3, -0.25) is 9.69 Å². The summed E-state index contributed by atoms with van der Waals surface area (Å²) in [5, 5.41) is 10.2. The van der Waals surface area contributed by atoms with Crippen LogP contribution in [0, 0.1) is 0 Å². The number of carbonyl (C=O) groups excluding carboxylic acids is 2. The van der Waals surface area contributed by atoms with Gasteiger partial charge in [0, 0.05) is 18.2 Å². The lowest BCUT2D eigenvalue weighted by Crippen LogP contribution is -2.38. The number of hydrogen-bond donors (Lipinski definition) is 1. The van der Waals surface area contributed by atoms with Crippen LogP contribution in [0.1, 0.15) is 36.0 Å². The summed E-state index contributed by atoms with van der Waals surface area (Å²) in [6, 6.07) is 17.8. The number of anilines is 1. The van der Waals surface area contributed by atoms with E-state index in [0.717, 1.165) is 31.3 Å². The van der Waals surface area contributed by atoms with E-state index in [0.29, 0.717) is 16.9 Å². The molecule has 1 heterocycles. The smallest absolute Gasteiger partial charge is 0.493 e. The summed E-state index contributed by atoms with van der Waals surface area (Å²) in [4.78, 5) is 31.8. The van der Waals surface area contributed by atoms with E-state index >= 15 is 0 Å². The van der Waals surface area contributed by atoms with Crippen molar-refractivity contribution in [1.82, 2.24) is 4.90 Å². The monoisotopic (exact) mass is 584 g/mol. The zero-order valence-electron chi connectivity index (χ0n) is 23.0. The molecule has 0 spiro atoms. The van der Waals surface area contributed by atoms with Crippen molar-refractivity contribution in [2.24, 2.45) is 0 Å². The summed E-state index contributed by atoms with van der Waals surface area (Å²) < 4.78 is 50.2. The third-order valence-electron chi connectivity index (χ3n) is 6.61. The fourth-order valence-electron chi connectivity index (χ4n) is 4.45. The molecule has 1 amide bonds. The minimum Gasteiger partial charge on any atom is -0.504 e. The van der Waals surface area contributed by atoms with Gasteiger partial charge in [0.05, 0.1) is 12.8 Å². The van der Waals surface area contributed by atoms with Crippen molar-refractivity contribution in [3.05, 3.63) is 89.5 Å². The van der Waals surface area contributed by atoms with E-state index in [9.17, 15) is 27.9 Å². The lowest BCUT2D eigenvalue weighted by Gasteiger charge is -2.26. The molecular formula is C31H31F3N2O6. The van der Waals surface area contributed by atoms with Gasteiger partial charge in [0.2, 0.25) is 0 Å². The molecule has 42 heavy (non-hydrogen) atoms. The van der Waals surface area contributed by atoms with Gasteiger partial charge in [-0.1, -0.05) is 42.8 Å².